The molecule has 27 heteroatoms. The largest absolute Gasteiger partial charge is 0.481 e. The number of guanidine groups is 1. The Morgan fingerprint density at radius 2 is 1.10 bits per heavy atom. The zero-order valence-electron chi connectivity index (χ0n) is 51.8. The van der Waals surface area contributed by atoms with Crippen LogP contribution in [-0.4, -0.2) is 178 Å². The standard InChI is InChI=1S/C61H87N15O9S.C2H4O2/c1-37(2)51(52(64)77)74-58(83)50-26-16-31-76(50)60(85)45(23-12-13-28-62)70-55(80)46(33-38-17-6-4-7-18-38)71-56(81)48(35-40-36-68-43-22-11-10-21-41(40)43)72-53(78)44(24-14-29-67-61(65)66)69-54(79)47(34-39-19-8-5-9-20-39)73-57(82)49-25-15-30-75(49)59(84)42(63)27-32-86-3;1-2(3)4/h4-11,17-22,36-37,42,44-51,68H,12-16,23-35,62-63H2,1-3H3,(H2,64,77)(H,69,79)(H,70,80)(H,71,81)(H,72,78)(H,73,82)(H,74,83)(H4,65,66,67);1H3,(H,3,4). The third-order valence-corrected chi connectivity index (χ3v) is 16.2. The molecule has 9 atom stereocenters. The molecule has 0 aliphatic carbocycles. The summed E-state index contributed by atoms with van der Waals surface area (Å²) in [6.45, 7) is 5.47. The SMILES string of the molecule is CC(=O)O.CSCCC(N)C(=O)N1CCCC1C(=O)NC(Cc1ccccc1)C(=O)NC(CCCN=C(N)N)C(=O)NC(Cc1c[nH]c2ccccc12)C(=O)NC(Cc1ccccc1)C(=O)NC(CCCCN)C(=O)N1CCCC1C(=O)NC(C(N)=O)C(C)C. The summed E-state index contributed by atoms with van der Waals surface area (Å²) in [7, 11) is 0. The first-order valence-corrected chi connectivity index (χ1v) is 32.0. The number of aliphatic imine (C=N–C) groups is 1. The minimum Gasteiger partial charge on any atom is -0.481 e. The van der Waals surface area contributed by atoms with E-state index in [1.807, 2.05) is 36.6 Å². The summed E-state index contributed by atoms with van der Waals surface area (Å²) >= 11 is 1.56. The van der Waals surface area contributed by atoms with Crippen molar-refractivity contribution in [3.05, 3.63) is 108 Å². The van der Waals surface area contributed by atoms with Crippen molar-refractivity contribution in [2.24, 2.45) is 39.6 Å². The Bertz CT molecular complexity index is 3070. The molecule has 4 aromatic rings. The number of likely N-dealkylation sites (tertiary alicyclic amines) is 2. The normalized spacial score (nSPS) is 16.8. The summed E-state index contributed by atoms with van der Waals surface area (Å²) in [6.07, 6.45) is 6.83. The molecule has 3 heterocycles. The first kappa shape index (κ1) is 72.2. The number of hydrogen-bond acceptors (Lipinski definition) is 14. The molecule has 6 rings (SSSR count). The number of fused-ring (bicyclic) bond motifs is 1. The highest BCUT2D eigenvalue weighted by Crippen LogP contribution is 2.24. The quantitative estimate of drug-likeness (QED) is 0.0176. The molecule has 18 N–H and O–H groups in total. The Labute approximate surface area is 529 Å². The molecule has 2 fully saturated rings. The Hall–Kier alpha value is -8.56. The Kier molecular flexibility index (Phi) is 29.5. The second-order valence-corrected chi connectivity index (χ2v) is 23.9. The maximum atomic E-state index is 15.2. The lowest BCUT2D eigenvalue weighted by atomic mass is 10.00. The number of aliphatic carboxylic acids is 1. The number of amides is 9. The van der Waals surface area contributed by atoms with Crippen LogP contribution in [0.5, 0.6) is 0 Å². The van der Waals surface area contributed by atoms with Gasteiger partial charge in [-0.15, -0.1) is 0 Å². The summed E-state index contributed by atoms with van der Waals surface area (Å²) in [5, 5.41) is 25.3. The molecule has 0 bridgehead atoms. The van der Waals surface area contributed by atoms with Crippen LogP contribution in [0.25, 0.3) is 10.9 Å². The van der Waals surface area contributed by atoms with Crippen LogP contribution in [0.3, 0.4) is 0 Å². The average Bonchev–Trinajstić information content (AvgIpc) is 1.85. The number of unbranched alkanes of at least 4 members (excludes halogenated alkanes) is 1. The van der Waals surface area contributed by atoms with E-state index in [2.05, 4.69) is 41.9 Å². The Morgan fingerprint density at radius 3 is 1.63 bits per heavy atom. The van der Waals surface area contributed by atoms with Gasteiger partial charge in [-0.05, 0) is 111 Å². The number of para-hydroxylation sites is 1. The van der Waals surface area contributed by atoms with Crippen LogP contribution in [0.4, 0.5) is 0 Å². The van der Waals surface area contributed by atoms with Crippen molar-refractivity contribution in [1.82, 2.24) is 46.7 Å². The summed E-state index contributed by atoms with van der Waals surface area (Å²) in [5.41, 5.74) is 31.9. The van der Waals surface area contributed by atoms with E-state index in [-0.39, 0.29) is 69.4 Å². The van der Waals surface area contributed by atoms with Crippen LogP contribution < -0.4 is 60.6 Å². The third kappa shape index (κ3) is 22.5. The average molecular weight is 1270 g/mol. The molecule has 1 aromatic heterocycles. The van der Waals surface area contributed by atoms with Crippen LogP contribution in [0.2, 0.25) is 0 Å². The van der Waals surface area contributed by atoms with Gasteiger partial charge in [0.05, 0.1) is 6.04 Å². The number of primary amides is 1. The topological polar surface area (TPSA) is 428 Å². The minimum atomic E-state index is -1.40. The molecule has 3 aromatic carbocycles. The van der Waals surface area contributed by atoms with Gasteiger partial charge in [0, 0.05) is 62.9 Å². The van der Waals surface area contributed by atoms with Gasteiger partial charge >= 0.3 is 0 Å². The van der Waals surface area contributed by atoms with Gasteiger partial charge in [0.1, 0.15) is 48.3 Å². The van der Waals surface area contributed by atoms with Gasteiger partial charge < -0.3 is 80.5 Å². The second kappa shape index (κ2) is 36.8. The highest BCUT2D eigenvalue weighted by Gasteiger charge is 2.41. The van der Waals surface area contributed by atoms with Crippen LogP contribution in [0, 0.1) is 5.92 Å². The number of thioether (sulfide) groups is 1. The van der Waals surface area contributed by atoms with Gasteiger partial charge in [-0.3, -0.25) is 52.9 Å². The van der Waals surface area contributed by atoms with Crippen molar-refractivity contribution in [2.45, 2.75) is 159 Å². The molecule has 2 aliphatic rings. The van der Waals surface area contributed by atoms with E-state index in [1.54, 1.807) is 86.4 Å². The van der Waals surface area contributed by atoms with E-state index >= 15 is 9.59 Å². The number of carboxylic acids is 1. The number of rotatable bonds is 33. The molecule has 0 spiro atoms. The van der Waals surface area contributed by atoms with Crippen molar-refractivity contribution in [3.8, 4) is 0 Å². The number of nitrogens with one attached hydrogen (secondary N) is 7. The van der Waals surface area contributed by atoms with Gasteiger partial charge in [0.15, 0.2) is 5.96 Å². The number of carbonyl (C=O) groups excluding carboxylic acids is 9. The maximum absolute atomic E-state index is 15.2. The van der Waals surface area contributed by atoms with Crippen molar-refractivity contribution >= 4 is 87.8 Å². The number of nitrogens with zero attached hydrogens (tertiary/aromatic N) is 3. The lowest BCUT2D eigenvalue weighted by Crippen LogP contribution is -2.61. The molecule has 0 saturated carbocycles. The van der Waals surface area contributed by atoms with Crippen LogP contribution in [0.15, 0.2) is 96.1 Å². The number of hydrogen-bond donors (Lipinski definition) is 13. The summed E-state index contributed by atoms with van der Waals surface area (Å²) < 4.78 is 0. The fourth-order valence-electron chi connectivity index (χ4n) is 10.9. The Balaban J connectivity index is 0.00000357. The molecule has 2 aliphatic heterocycles. The van der Waals surface area contributed by atoms with Crippen molar-refractivity contribution < 1.29 is 53.1 Å². The second-order valence-electron chi connectivity index (χ2n) is 22.9. The molecule has 9 unspecified atom stereocenters. The number of benzene rings is 3. The summed E-state index contributed by atoms with van der Waals surface area (Å²) in [6, 6.07) is 15.1. The van der Waals surface area contributed by atoms with Gasteiger partial charge in [-0.2, -0.15) is 11.8 Å². The van der Waals surface area contributed by atoms with Crippen LogP contribution in [0.1, 0.15) is 102 Å². The van der Waals surface area contributed by atoms with Gasteiger partial charge in [-0.1, -0.05) is 92.7 Å². The molecule has 9 amide bonds. The number of H-pyrrole nitrogens is 1. The smallest absolute Gasteiger partial charge is 0.300 e. The number of carboxylic acid groups (broad SMARTS) is 1. The predicted molar refractivity (Wildman–Crippen MR) is 344 cm³/mol. The lowest BCUT2D eigenvalue weighted by molar-refractivity contribution is -0.142. The molecular weight excluding hydrogens is 1170 g/mol. The third-order valence-electron chi connectivity index (χ3n) is 15.6. The first-order valence-electron chi connectivity index (χ1n) is 30.6. The molecule has 490 valence electrons. The fraction of sp³-hybridized carbons (Fsp3) is 0.508. The zero-order valence-corrected chi connectivity index (χ0v) is 52.6. The molecule has 26 nitrogen and oxygen atoms in total. The van der Waals surface area contributed by atoms with E-state index in [4.69, 9.17) is 38.6 Å². The maximum Gasteiger partial charge on any atom is 0.300 e. The zero-order chi connectivity index (χ0) is 65.9. The lowest BCUT2D eigenvalue weighted by Gasteiger charge is -2.31. The van der Waals surface area contributed by atoms with E-state index in [1.165, 1.54) is 9.80 Å². The molecular formula is C63H91N15O11S. The van der Waals surface area contributed by atoms with Crippen LogP contribution >= 0.6 is 11.8 Å². The highest BCUT2D eigenvalue weighted by molar-refractivity contribution is 7.98. The molecule has 0 radical (unpaired) electrons. The number of aromatic nitrogens is 1. The van der Waals surface area contributed by atoms with Gasteiger partial charge in [0.2, 0.25) is 53.2 Å². The molecule has 90 heavy (non-hydrogen) atoms. The summed E-state index contributed by atoms with van der Waals surface area (Å²) in [4.78, 5) is 148. The first-order chi connectivity index (χ1) is 43.0. The highest BCUT2D eigenvalue weighted by atomic mass is 32.2. The van der Waals surface area contributed by atoms with Crippen molar-refractivity contribution in [3.63, 3.8) is 0 Å². The van der Waals surface area contributed by atoms with Gasteiger partial charge in [0.25, 0.3) is 5.97 Å². The Morgan fingerprint density at radius 1 is 0.622 bits per heavy atom. The number of carbonyl (C=O) groups is 10. The minimum absolute atomic E-state index is 0.00815. The van der Waals surface area contributed by atoms with E-state index in [0.29, 0.717) is 80.5 Å². The van der Waals surface area contributed by atoms with E-state index < -0.39 is 108 Å². The van der Waals surface area contributed by atoms with E-state index in [0.717, 1.165) is 17.8 Å². The summed E-state index contributed by atoms with van der Waals surface area (Å²) in [5.74, 6) is -6.40. The number of aromatic amines is 1. The molecule has 2 saturated heterocycles. The van der Waals surface area contributed by atoms with Crippen LogP contribution in [-0.2, 0) is 67.2 Å². The van der Waals surface area contributed by atoms with Crippen molar-refractivity contribution in [1.29, 1.82) is 0 Å². The predicted octanol–water partition coefficient (Wildman–Crippen LogP) is 0.582. The number of nitrogens with two attached hydrogens (primary N) is 5. The van der Waals surface area contributed by atoms with E-state index in [9.17, 15) is 33.6 Å². The fourth-order valence-corrected chi connectivity index (χ4v) is 11.4. The monoisotopic (exact) mass is 1270 g/mol. The van der Waals surface area contributed by atoms with Crippen molar-refractivity contribution in [2.75, 3.05) is 38.2 Å². The van der Waals surface area contributed by atoms with Gasteiger partial charge in [-0.25, -0.2) is 0 Å².